The molecule has 1 radical (unpaired) electrons. The number of amides is 1. The number of hydrogen-bond donors (Lipinski definition) is 2. The Morgan fingerprint density at radius 3 is 2.59 bits per heavy atom. The molecule has 0 fully saturated rings. The second-order valence-corrected chi connectivity index (χ2v) is 6.72. The third kappa shape index (κ3) is 3.09. The molecule has 1 unspecified atom stereocenters. The van der Waals surface area contributed by atoms with Crippen molar-refractivity contribution >= 4 is 23.5 Å². The van der Waals surface area contributed by atoms with Gasteiger partial charge in [-0.1, -0.05) is 41.9 Å². The molecule has 2 heterocycles. The van der Waals surface area contributed by atoms with Gasteiger partial charge in [0.05, 0.1) is 13.3 Å². The lowest BCUT2D eigenvalue weighted by Crippen LogP contribution is -2.39. The summed E-state index contributed by atoms with van der Waals surface area (Å²) in [5.74, 6) is -0.565. The van der Waals surface area contributed by atoms with Crippen molar-refractivity contribution < 1.29 is 13.9 Å². The molecule has 0 saturated heterocycles. The van der Waals surface area contributed by atoms with Gasteiger partial charge in [-0.3, -0.25) is 10.1 Å². The van der Waals surface area contributed by atoms with Crippen molar-refractivity contribution in [3.8, 4) is 16.9 Å². The Morgan fingerprint density at radius 1 is 1.17 bits per heavy atom. The van der Waals surface area contributed by atoms with Crippen LogP contribution in [0, 0.1) is 11.9 Å². The number of ether oxygens (including phenoxy) is 1. The number of benzene rings is 2. The SMILES string of the molecule is COc1cnc(Cl)c(-c2cc(C3(c4cc[c]cc4)N=C(N)NC3=O)ccc2F)c1. The van der Waals surface area contributed by atoms with Crippen LogP contribution in [0.3, 0.4) is 0 Å². The van der Waals surface area contributed by atoms with E-state index in [9.17, 15) is 9.18 Å². The molecular weight excluding hydrogens is 395 g/mol. The van der Waals surface area contributed by atoms with Gasteiger partial charge in [-0.2, -0.15) is 0 Å². The third-order valence-corrected chi connectivity index (χ3v) is 5.02. The average Bonchev–Trinajstić information content (AvgIpc) is 3.04. The summed E-state index contributed by atoms with van der Waals surface area (Å²) in [6.07, 6.45) is 1.44. The van der Waals surface area contributed by atoms with Crippen LogP contribution < -0.4 is 15.8 Å². The van der Waals surface area contributed by atoms with Gasteiger partial charge in [0.15, 0.2) is 11.5 Å². The number of carbonyl (C=O) groups excluding carboxylic acids is 1. The summed E-state index contributed by atoms with van der Waals surface area (Å²) in [5, 5.41) is 2.64. The van der Waals surface area contributed by atoms with Crippen molar-refractivity contribution in [2.75, 3.05) is 7.11 Å². The predicted molar refractivity (Wildman–Crippen MR) is 107 cm³/mol. The number of hydrogen-bond acceptors (Lipinski definition) is 5. The second kappa shape index (κ2) is 7.18. The van der Waals surface area contributed by atoms with Crippen LogP contribution in [0.1, 0.15) is 11.1 Å². The molecule has 1 amide bonds. The first kappa shape index (κ1) is 18.9. The third-order valence-electron chi connectivity index (χ3n) is 4.72. The molecule has 1 aliphatic rings. The summed E-state index contributed by atoms with van der Waals surface area (Å²) >= 11 is 6.21. The quantitative estimate of drug-likeness (QED) is 0.648. The Labute approximate surface area is 171 Å². The number of methoxy groups -OCH3 is 1. The average molecular weight is 410 g/mol. The van der Waals surface area contributed by atoms with Gasteiger partial charge < -0.3 is 10.5 Å². The number of guanidine groups is 1. The summed E-state index contributed by atoms with van der Waals surface area (Å²) in [7, 11) is 1.48. The Morgan fingerprint density at radius 2 is 1.93 bits per heavy atom. The highest BCUT2D eigenvalue weighted by Crippen LogP contribution is 2.40. The maximum atomic E-state index is 14.8. The highest BCUT2D eigenvalue weighted by Gasteiger charge is 2.46. The minimum absolute atomic E-state index is 0.0187. The molecule has 0 aliphatic carbocycles. The van der Waals surface area contributed by atoms with Gasteiger partial charge >= 0.3 is 0 Å². The molecular formula is C21H15ClFN4O2. The van der Waals surface area contributed by atoms with Gasteiger partial charge in [-0.05, 0) is 35.4 Å². The molecule has 3 N–H and O–H groups in total. The van der Waals surface area contributed by atoms with E-state index in [4.69, 9.17) is 22.1 Å². The number of nitrogens with one attached hydrogen (secondary N) is 1. The number of halogens is 2. The van der Waals surface area contributed by atoms with E-state index in [0.717, 1.165) is 0 Å². The lowest BCUT2D eigenvalue weighted by atomic mass is 9.82. The van der Waals surface area contributed by atoms with Gasteiger partial charge in [0.25, 0.3) is 5.91 Å². The molecule has 1 aromatic heterocycles. The van der Waals surface area contributed by atoms with Crippen LogP contribution in [-0.2, 0) is 10.3 Å². The van der Waals surface area contributed by atoms with Crippen molar-refractivity contribution in [1.29, 1.82) is 0 Å². The zero-order valence-corrected chi connectivity index (χ0v) is 16.0. The topological polar surface area (TPSA) is 89.6 Å². The van der Waals surface area contributed by atoms with Crippen LogP contribution in [0.2, 0.25) is 5.15 Å². The van der Waals surface area contributed by atoms with Crippen molar-refractivity contribution in [1.82, 2.24) is 10.3 Å². The summed E-state index contributed by atoms with van der Waals surface area (Å²) in [4.78, 5) is 21.4. The van der Waals surface area contributed by atoms with Crippen LogP contribution in [-0.4, -0.2) is 24.0 Å². The molecule has 0 bridgehead atoms. The molecule has 145 valence electrons. The van der Waals surface area contributed by atoms with Gasteiger partial charge in [0.2, 0.25) is 0 Å². The van der Waals surface area contributed by atoms with Crippen LogP contribution in [0.5, 0.6) is 5.75 Å². The number of aliphatic imine (C=N–C) groups is 1. The predicted octanol–water partition coefficient (Wildman–Crippen LogP) is 3.04. The maximum absolute atomic E-state index is 14.8. The number of rotatable bonds is 4. The fourth-order valence-corrected chi connectivity index (χ4v) is 3.54. The highest BCUT2D eigenvalue weighted by molar-refractivity contribution is 6.32. The fourth-order valence-electron chi connectivity index (χ4n) is 3.34. The van der Waals surface area contributed by atoms with E-state index in [1.165, 1.54) is 31.5 Å². The zero-order chi connectivity index (χ0) is 20.6. The van der Waals surface area contributed by atoms with Crippen LogP contribution in [0.15, 0.2) is 59.7 Å². The molecule has 4 rings (SSSR count). The van der Waals surface area contributed by atoms with Gasteiger partial charge in [-0.15, -0.1) is 0 Å². The van der Waals surface area contributed by atoms with Crippen LogP contribution >= 0.6 is 11.6 Å². The summed E-state index contributed by atoms with van der Waals surface area (Å²) < 4.78 is 19.9. The molecule has 2 aromatic carbocycles. The molecule has 0 saturated carbocycles. The first-order valence-corrected chi connectivity index (χ1v) is 8.97. The Kier molecular flexibility index (Phi) is 4.68. The lowest BCUT2D eigenvalue weighted by molar-refractivity contribution is -0.122. The fraction of sp³-hybridized carbons (Fsp3) is 0.0952. The standard InChI is InChI=1S/C21H15ClFN4O2/c1-29-14-10-16(18(22)25-11-14)15-9-13(7-8-17(15)23)21(12-5-3-2-4-6-12)19(28)26-20(24)27-21/h3-11H,1H3,(H3,24,26,27,28). The molecule has 8 heteroatoms. The molecule has 6 nitrogen and oxygen atoms in total. The second-order valence-electron chi connectivity index (χ2n) is 6.36. The zero-order valence-electron chi connectivity index (χ0n) is 15.2. The molecule has 1 atom stereocenters. The minimum Gasteiger partial charge on any atom is -0.495 e. The Hall–Kier alpha value is -3.45. The highest BCUT2D eigenvalue weighted by atomic mass is 35.5. The molecule has 29 heavy (non-hydrogen) atoms. The molecule has 0 spiro atoms. The van der Waals surface area contributed by atoms with Crippen molar-refractivity contribution in [2.24, 2.45) is 10.7 Å². The lowest BCUT2D eigenvalue weighted by Gasteiger charge is -2.25. The summed E-state index contributed by atoms with van der Waals surface area (Å²) in [6, 6.07) is 15.5. The van der Waals surface area contributed by atoms with Crippen molar-refractivity contribution in [3.05, 3.63) is 82.9 Å². The summed E-state index contributed by atoms with van der Waals surface area (Å²) in [5.41, 5.74) is 5.84. The van der Waals surface area contributed by atoms with Crippen molar-refractivity contribution in [3.63, 3.8) is 0 Å². The largest absolute Gasteiger partial charge is 0.495 e. The van der Waals surface area contributed by atoms with E-state index in [1.807, 2.05) is 0 Å². The van der Waals surface area contributed by atoms with E-state index in [2.05, 4.69) is 21.4 Å². The number of nitrogens with zero attached hydrogens (tertiary/aromatic N) is 2. The Balaban J connectivity index is 1.96. The minimum atomic E-state index is -1.46. The van der Waals surface area contributed by atoms with E-state index in [0.29, 0.717) is 22.4 Å². The summed E-state index contributed by atoms with van der Waals surface area (Å²) in [6.45, 7) is 0. The van der Waals surface area contributed by atoms with Gasteiger partial charge in [0, 0.05) is 11.1 Å². The molecule has 3 aromatic rings. The normalized spacial score (nSPS) is 18.3. The van der Waals surface area contributed by atoms with Crippen LogP contribution in [0.4, 0.5) is 4.39 Å². The van der Waals surface area contributed by atoms with E-state index >= 15 is 0 Å². The Bertz CT molecular complexity index is 1140. The van der Waals surface area contributed by atoms with Crippen LogP contribution in [0.25, 0.3) is 11.1 Å². The first-order valence-electron chi connectivity index (χ1n) is 8.59. The monoisotopic (exact) mass is 409 g/mol. The van der Waals surface area contributed by atoms with Crippen molar-refractivity contribution in [2.45, 2.75) is 5.54 Å². The number of aromatic nitrogens is 1. The first-order chi connectivity index (χ1) is 14.0. The number of pyridine rings is 1. The number of nitrogens with two attached hydrogens (primary N) is 1. The molecule has 1 aliphatic heterocycles. The van der Waals surface area contributed by atoms with E-state index in [-0.39, 0.29) is 16.7 Å². The maximum Gasteiger partial charge on any atom is 0.263 e. The van der Waals surface area contributed by atoms with E-state index in [1.54, 1.807) is 30.3 Å². The van der Waals surface area contributed by atoms with E-state index < -0.39 is 17.3 Å². The van der Waals surface area contributed by atoms with Gasteiger partial charge in [0.1, 0.15) is 16.7 Å². The smallest absolute Gasteiger partial charge is 0.263 e. The number of carbonyl (C=O) groups is 1. The van der Waals surface area contributed by atoms with Gasteiger partial charge in [-0.25, -0.2) is 14.4 Å².